The summed E-state index contributed by atoms with van der Waals surface area (Å²) in [6.07, 6.45) is 0.198. The van der Waals surface area contributed by atoms with Crippen LogP contribution in [0.4, 0.5) is 5.00 Å². The standard InChI is InChI=1S/C24H29N2O6PS2/c1-17(2)14-20(25(33(30,31)32)16-19-10-6-12-34-19)23(27)26(22-11-7-13-35-22)21(24(28)29)15-18-8-4-3-5-9-18/h3-13,17,20-21H,14-16H2,1-2H3,(H,28,29)(H2,30,31,32). The Morgan fingerprint density at radius 3 is 2.11 bits per heavy atom. The lowest BCUT2D eigenvalue weighted by Crippen LogP contribution is -2.54. The van der Waals surface area contributed by atoms with Gasteiger partial charge in [0, 0.05) is 17.8 Å². The number of thiophene rings is 2. The maximum absolute atomic E-state index is 14.1. The van der Waals surface area contributed by atoms with Crippen LogP contribution in [0.25, 0.3) is 0 Å². The van der Waals surface area contributed by atoms with Crippen molar-refractivity contribution in [2.45, 2.75) is 45.3 Å². The van der Waals surface area contributed by atoms with Crippen LogP contribution < -0.4 is 4.90 Å². The number of carbonyl (C=O) groups excluding carboxylic acids is 1. The normalized spacial score (nSPS) is 13.7. The molecule has 2 unspecified atom stereocenters. The lowest BCUT2D eigenvalue weighted by molar-refractivity contribution is -0.140. The van der Waals surface area contributed by atoms with Crippen molar-refractivity contribution in [1.82, 2.24) is 4.67 Å². The average molecular weight is 537 g/mol. The number of aliphatic carboxylic acids is 1. The van der Waals surface area contributed by atoms with Crippen molar-refractivity contribution in [3.63, 3.8) is 0 Å². The van der Waals surface area contributed by atoms with Gasteiger partial charge in [-0.15, -0.1) is 22.7 Å². The van der Waals surface area contributed by atoms with E-state index in [9.17, 15) is 29.0 Å². The molecule has 0 saturated carbocycles. The summed E-state index contributed by atoms with van der Waals surface area (Å²) in [7, 11) is -4.87. The van der Waals surface area contributed by atoms with E-state index >= 15 is 0 Å². The second kappa shape index (κ2) is 12.1. The Hall–Kier alpha value is -2.33. The van der Waals surface area contributed by atoms with Gasteiger partial charge >= 0.3 is 13.7 Å². The molecule has 2 aromatic heterocycles. The molecule has 0 spiro atoms. The molecule has 35 heavy (non-hydrogen) atoms. The number of carbonyl (C=O) groups is 2. The molecule has 1 amide bonds. The molecule has 188 valence electrons. The van der Waals surface area contributed by atoms with E-state index in [1.807, 2.05) is 19.9 Å². The minimum atomic E-state index is -4.87. The number of nitrogens with zero attached hydrogens (tertiary/aromatic N) is 2. The second-order valence-corrected chi connectivity index (χ2v) is 12.0. The Labute approximate surface area is 212 Å². The fourth-order valence-corrected chi connectivity index (χ4v) is 6.33. The Balaban J connectivity index is 2.07. The molecule has 0 aliphatic heterocycles. The van der Waals surface area contributed by atoms with Crippen LogP contribution in [0.3, 0.4) is 0 Å². The SMILES string of the molecule is CC(C)CC(C(=O)N(c1cccs1)C(Cc1ccccc1)C(=O)O)N(Cc1cccs1)P(=O)(O)O. The van der Waals surface area contributed by atoms with Gasteiger partial charge in [-0.1, -0.05) is 50.2 Å². The predicted molar refractivity (Wildman–Crippen MR) is 139 cm³/mol. The smallest absolute Gasteiger partial charge is 0.404 e. The maximum atomic E-state index is 14.1. The van der Waals surface area contributed by atoms with Crippen LogP contribution in [0.2, 0.25) is 0 Å². The van der Waals surface area contributed by atoms with E-state index in [-0.39, 0.29) is 25.3 Å². The van der Waals surface area contributed by atoms with Gasteiger partial charge in [0.1, 0.15) is 12.1 Å². The minimum absolute atomic E-state index is 0.0506. The van der Waals surface area contributed by atoms with Crippen LogP contribution in [-0.2, 0) is 27.1 Å². The highest BCUT2D eigenvalue weighted by Crippen LogP contribution is 2.45. The van der Waals surface area contributed by atoms with E-state index in [1.165, 1.54) is 27.6 Å². The zero-order valence-corrected chi connectivity index (χ0v) is 22.0. The number of amides is 1. The molecule has 1 aromatic carbocycles. The zero-order chi connectivity index (χ0) is 25.6. The molecule has 8 nitrogen and oxygen atoms in total. The zero-order valence-electron chi connectivity index (χ0n) is 19.4. The van der Waals surface area contributed by atoms with E-state index in [4.69, 9.17) is 0 Å². The van der Waals surface area contributed by atoms with Crippen molar-refractivity contribution in [1.29, 1.82) is 0 Å². The summed E-state index contributed by atoms with van der Waals surface area (Å²) in [5.74, 6) is -1.92. The van der Waals surface area contributed by atoms with Gasteiger partial charge in [0.2, 0.25) is 5.91 Å². The van der Waals surface area contributed by atoms with E-state index in [2.05, 4.69) is 0 Å². The van der Waals surface area contributed by atoms with Crippen LogP contribution in [0.5, 0.6) is 0 Å². The Morgan fingerprint density at radius 2 is 1.60 bits per heavy atom. The molecule has 0 fully saturated rings. The molecule has 2 heterocycles. The summed E-state index contributed by atoms with van der Waals surface area (Å²) < 4.78 is 13.5. The Kier molecular flexibility index (Phi) is 9.40. The monoisotopic (exact) mass is 536 g/mol. The van der Waals surface area contributed by atoms with Gasteiger partial charge in [0.25, 0.3) is 0 Å². The number of rotatable bonds is 12. The molecule has 0 aliphatic rings. The summed E-state index contributed by atoms with van der Waals surface area (Å²) in [5.41, 5.74) is 0.736. The molecule has 3 N–H and O–H groups in total. The predicted octanol–water partition coefficient (Wildman–Crippen LogP) is 4.85. The first-order valence-corrected chi connectivity index (χ1v) is 14.4. The lowest BCUT2D eigenvalue weighted by Gasteiger charge is -2.37. The van der Waals surface area contributed by atoms with E-state index in [0.717, 1.165) is 10.2 Å². The van der Waals surface area contributed by atoms with Gasteiger partial charge in [-0.25, -0.2) is 9.36 Å². The molecule has 0 bridgehead atoms. The first kappa shape index (κ1) is 27.3. The van der Waals surface area contributed by atoms with E-state index in [0.29, 0.717) is 9.88 Å². The molecular weight excluding hydrogens is 507 g/mol. The Bertz CT molecular complexity index is 1130. The minimum Gasteiger partial charge on any atom is -0.480 e. The highest BCUT2D eigenvalue weighted by Gasteiger charge is 2.43. The largest absolute Gasteiger partial charge is 0.480 e. The molecule has 11 heteroatoms. The molecular formula is C24H29N2O6PS2. The van der Waals surface area contributed by atoms with Crippen molar-refractivity contribution in [3.05, 3.63) is 75.8 Å². The van der Waals surface area contributed by atoms with Crippen LogP contribution >= 0.6 is 30.4 Å². The van der Waals surface area contributed by atoms with Crippen LogP contribution in [0.1, 0.15) is 30.7 Å². The highest BCUT2D eigenvalue weighted by atomic mass is 32.1. The van der Waals surface area contributed by atoms with Gasteiger partial charge in [-0.3, -0.25) is 9.69 Å². The first-order valence-electron chi connectivity index (χ1n) is 11.1. The highest BCUT2D eigenvalue weighted by molar-refractivity contribution is 7.49. The molecule has 0 aliphatic carbocycles. The first-order chi connectivity index (χ1) is 16.6. The summed E-state index contributed by atoms with van der Waals surface area (Å²) >= 11 is 2.54. The fraction of sp³-hybridized carbons (Fsp3) is 0.333. The van der Waals surface area contributed by atoms with Crippen molar-refractivity contribution in [2.75, 3.05) is 4.90 Å². The van der Waals surface area contributed by atoms with Gasteiger partial charge in [-0.2, -0.15) is 4.67 Å². The third kappa shape index (κ3) is 7.33. The number of hydrogen-bond donors (Lipinski definition) is 3. The summed E-state index contributed by atoms with van der Waals surface area (Å²) in [5, 5.41) is 14.1. The fourth-order valence-electron chi connectivity index (χ4n) is 3.85. The molecule has 3 aromatic rings. The quantitative estimate of drug-likeness (QED) is 0.283. The third-order valence-electron chi connectivity index (χ3n) is 5.42. The summed E-state index contributed by atoms with van der Waals surface area (Å²) in [6.45, 7) is 3.59. The van der Waals surface area contributed by atoms with Gasteiger partial charge in [0.15, 0.2) is 0 Å². The topological polar surface area (TPSA) is 118 Å². The number of carboxylic acid groups (broad SMARTS) is 1. The van der Waals surface area contributed by atoms with E-state index in [1.54, 1.807) is 59.3 Å². The van der Waals surface area contributed by atoms with Crippen molar-refractivity contribution in [3.8, 4) is 0 Å². The van der Waals surface area contributed by atoms with Crippen LogP contribution in [0.15, 0.2) is 65.4 Å². The van der Waals surface area contributed by atoms with Gasteiger partial charge < -0.3 is 14.9 Å². The number of carboxylic acids is 1. The number of hydrogen-bond acceptors (Lipinski definition) is 5. The lowest BCUT2D eigenvalue weighted by atomic mass is 9.99. The van der Waals surface area contributed by atoms with Crippen molar-refractivity contribution >= 4 is 47.3 Å². The molecule has 3 rings (SSSR count). The number of benzene rings is 1. The maximum Gasteiger partial charge on any atom is 0.404 e. The van der Waals surface area contributed by atoms with Crippen molar-refractivity contribution in [2.24, 2.45) is 5.92 Å². The van der Waals surface area contributed by atoms with Crippen LogP contribution in [-0.4, -0.2) is 43.5 Å². The average Bonchev–Trinajstić information content (AvgIpc) is 3.50. The van der Waals surface area contributed by atoms with Crippen molar-refractivity contribution < 1.29 is 29.0 Å². The summed E-state index contributed by atoms with van der Waals surface area (Å²) in [6, 6.07) is 13.4. The van der Waals surface area contributed by atoms with Gasteiger partial charge in [-0.05, 0) is 46.9 Å². The Morgan fingerprint density at radius 1 is 0.943 bits per heavy atom. The third-order valence-corrected chi connectivity index (χ3v) is 8.24. The molecule has 0 saturated heterocycles. The second-order valence-electron chi connectivity index (χ2n) is 8.54. The molecule has 0 radical (unpaired) electrons. The van der Waals surface area contributed by atoms with Gasteiger partial charge in [0.05, 0.1) is 5.00 Å². The molecule has 2 atom stereocenters. The van der Waals surface area contributed by atoms with Crippen LogP contribution in [0, 0.1) is 5.92 Å². The summed E-state index contributed by atoms with van der Waals surface area (Å²) in [4.78, 5) is 49.0. The van der Waals surface area contributed by atoms with E-state index < -0.39 is 31.7 Å². The number of anilines is 1.